The summed E-state index contributed by atoms with van der Waals surface area (Å²) in [4.78, 5) is 11.9. The highest BCUT2D eigenvalue weighted by Gasteiger charge is 2.50. The van der Waals surface area contributed by atoms with Crippen molar-refractivity contribution in [1.29, 1.82) is 0 Å². The van der Waals surface area contributed by atoms with Crippen LogP contribution in [-0.4, -0.2) is 37.1 Å². The second-order valence-corrected chi connectivity index (χ2v) is 6.91. The van der Waals surface area contributed by atoms with E-state index < -0.39 is 28.0 Å². The molecule has 2 rings (SSSR count). The van der Waals surface area contributed by atoms with E-state index in [9.17, 15) is 13.2 Å². The van der Waals surface area contributed by atoms with Crippen LogP contribution in [-0.2, 0) is 19.2 Å². The van der Waals surface area contributed by atoms with Gasteiger partial charge in [0.05, 0.1) is 12.6 Å². The predicted molar refractivity (Wildman–Crippen MR) is 59.5 cm³/mol. The van der Waals surface area contributed by atoms with Crippen molar-refractivity contribution in [3.05, 3.63) is 0 Å². The van der Waals surface area contributed by atoms with Crippen molar-refractivity contribution < 1.29 is 22.1 Å². The van der Waals surface area contributed by atoms with Crippen molar-refractivity contribution in [2.45, 2.75) is 45.3 Å². The number of nitrogens with zero attached hydrogens (tertiary/aromatic N) is 1. The van der Waals surface area contributed by atoms with Crippen molar-refractivity contribution in [3.63, 3.8) is 0 Å². The number of amides is 1. The van der Waals surface area contributed by atoms with Crippen LogP contribution in [0.15, 0.2) is 0 Å². The molecule has 1 atom stereocenters. The third-order valence-electron chi connectivity index (χ3n) is 2.67. The summed E-state index contributed by atoms with van der Waals surface area (Å²) in [5.41, 5.74) is -0.719. The molecule has 2 fully saturated rings. The lowest BCUT2D eigenvalue weighted by atomic mass is 10.2. The highest BCUT2D eigenvalue weighted by atomic mass is 32.2. The molecule has 98 valence electrons. The molecule has 0 aromatic rings. The van der Waals surface area contributed by atoms with Crippen LogP contribution in [0.3, 0.4) is 0 Å². The molecule has 1 aliphatic carbocycles. The van der Waals surface area contributed by atoms with Crippen molar-refractivity contribution in [2.75, 3.05) is 6.61 Å². The van der Waals surface area contributed by atoms with E-state index in [2.05, 4.69) is 0 Å². The van der Waals surface area contributed by atoms with E-state index in [0.717, 1.165) is 17.1 Å². The van der Waals surface area contributed by atoms with Crippen molar-refractivity contribution >= 4 is 16.4 Å². The molecular weight excluding hydrogens is 246 g/mol. The second kappa shape index (κ2) is 3.84. The Labute approximate surface area is 101 Å². The van der Waals surface area contributed by atoms with Gasteiger partial charge in [0.2, 0.25) is 0 Å². The predicted octanol–water partition coefficient (Wildman–Crippen LogP) is 1.28. The minimum atomic E-state index is -3.95. The quantitative estimate of drug-likeness (QED) is 0.712. The van der Waals surface area contributed by atoms with E-state index in [1.807, 2.05) is 0 Å². The Morgan fingerprint density at radius 1 is 1.35 bits per heavy atom. The summed E-state index contributed by atoms with van der Waals surface area (Å²) in [6.45, 7) is 5.13. The molecule has 1 saturated carbocycles. The molecule has 0 bridgehead atoms. The second-order valence-electron chi connectivity index (χ2n) is 5.42. The molecule has 6 nitrogen and oxygen atoms in total. The number of ether oxygens (including phenoxy) is 1. The van der Waals surface area contributed by atoms with Gasteiger partial charge in [-0.25, -0.2) is 4.79 Å². The van der Waals surface area contributed by atoms with Crippen LogP contribution >= 0.6 is 0 Å². The Hall–Kier alpha value is -0.820. The number of carbonyl (C=O) groups is 1. The Bertz CT molecular complexity index is 420. The van der Waals surface area contributed by atoms with Gasteiger partial charge in [0, 0.05) is 0 Å². The minimum absolute atomic E-state index is 0.0479. The molecule has 0 aromatic carbocycles. The zero-order chi connectivity index (χ0) is 12.8. The van der Waals surface area contributed by atoms with E-state index in [0.29, 0.717) is 0 Å². The lowest BCUT2D eigenvalue weighted by Gasteiger charge is -2.25. The van der Waals surface area contributed by atoms with E-state index in [1.54, 1.807) is 20.8 Å². The molecule has 2 aliphatic rings. The molecular formula is C10H17NO5S. The van der Waals surface area contributed by atoms with Crippen molar-refractivity contribution in [2.24, 2.45) is 5.92 Å². The minimum Gasteiger partial charge on any atom is -0.443 e. The molecule has 1 aliphatic heterocycles. The SMILES string of the molecule is CC(C)(C)OC(=O)N1C(C2CC2)COS1(=O)=O. The van der Waals surface area contributed by atoms with Gasteiger partial charge in [-0.1, -0.05) is 0 Å². The molecule has 0 N–H and O–H groups in total. The van der Waals surface area contributed by atoms with E-state index in [-0.39, 0.29) is 12.5 Å². The number of hydrogen-bond acceptors (Lipinski definition) is 5. The zero-order valence-electron chi connectivity index (χ0n) is 10.2. The van der Waals surface area contributed by atoms with Crippen LogP contribution in [0.25, 0.3) is 0 Å². The normalized spacial score (nSPS) is 28.2. The van der Waals surface area contributed by atoms with E-state index in [4.69, 9.17) is 8.92 Å². The first kappa shape index (κ1) is 12.6. The fourth-order valence-electron chi connectivity index (χ4n) is 1.79. The molecule has 1 unspecified atom stereocenters. The monoisotopic (exact) mass is 263 g/mol. The first-order chi connectivity index (χ1) is 7.71. The molecule has 0 aromatic heterocycles. The molecule has 1 heterocycles. The zero-order valence-corrected chi connectivity index (χ0v) is 11.0. The largest absolute Gasteiger partial charge is 0.443 e. The van der Waals surface area contributed by atoms with Gasteiger partial charge in [-0.2, -0.15) is 12.7 Å². The lowest BCUT2D eigenvalue weighted by molar-refractivity contribution is 0.0345. The Balaban J connectivity index is 2.17. The highest BCUT2D eigenvalue weighted by Crippen LogP contribution is 2.40. The Morgan fingerprint density at radius 3 is 2.41 bits per heavy atom. The summed E-state index contributed by atoms with van der Waals surface area (Å²) >= 11 is 0. The summed E-state index contributed by atoms with van der Waals surface area (Å²) in [7, 11) is -3.95. The van der Waals surface area contributed by atoms with Gasteiger partial charge in [0.15, 0.2) is 0 Å². The summed E-state index contributed by atoms with van der Waals surface area (Å²) in [5, 5.41) is 0. The molecule has 0 radical (unpaired) electrons. The van der Waals surface area contributed by atoms with Gasteiger partial charge in [-0.05, 0) is 39.5 Å². The standard InChI is InChI=1S/C10H17NO5S/c1-10(2,3)16-9(12)11-8(7-4-5-7)6-15-17(11,13)14/h7-8H,4-6H2,1-3H3. The van der Waals surface area contributed by atoms with Crippen LogP contribution < -0.4 is 0 Å². The van der Waals surface area contributed by atoms with Gasteiger partial charge in [0.25, 0.3) is 0 Å². The number of carbonyl (C=O) groups excluding carboxylic acids is 1. The smallest absolute Gasteiger partial charge is 0.426 e. The molecule has 0 spiro atoms. The average molecular weight is 263 g/mol. The maximum absolute atomic E-state index is 11.9. The summed E-state index contributed by atoms with van der Waals surface area (Å²) in [6, 6.07) is -0.394. The fourth-order valence-corrected chi connectivity index (χ4v) is 3.00. The molecule has 1 saturated heterocycles. The van der Waals surface area contributed by atoms with Gasteiger partial charge < -0.3 is 4.74 Å². The van der Waals surface area contributed by atoms with E-state index in [1.165, 1.54) is 0 Å². The van der Waals surface area contributed by atoms with Gasteiger partial charge in [0.1, 0.15) is 5.60 Å². The highest BCUT2D eigenvalue weighted by molar-refractivity contribution is 7.85. The lowest BCUT2D eigenvalue weighted by Crippen LogP contribution is -2.43. The average Bonchev–Trinajstić information content (AvgIpc) is 2.87. The van der Waals surface area contributed by atoms with Gasteiger partial charge >= 0.3 is 16.4 Å². The van der Waals surface area contributed by atoms with Crippen LogP contribution in [0.1, 0.15) is 33.6 Å². The van der Waals surface area contributed by atoms with Gasteiger partial charge in [-0.3, -0.25) is 4.18 Å². The topological polar surface area (TPSA) is 72.9 Å². The maximum atomic E-state index is 11.9. The summed E-state index contributed by atoms with van der Waals surface area (Å²) in [5.74, 6) is 0.222. The Kier molecular flexibility index (Phi) is 2.86. The number of hydrogen-bond donors (Lipinski definition) is 0. The Morgan fingerprint density at radius 2 is 1.94 bits per heavy atom. The summed E-state index contributed by atoms with van der Waals surface area (Å²) in [6.07, 6.45) is 1.03. The van der Waals surface area contributed by atoms with E-state index >= 15 is 0 Å². The van der Waals surface area contributed by atoms with Crippen LogP contribution in [0.2, 0.25) is 0 Å². The molecule has 17 heavy (non-hydrogen) atoms. The van der Waals surface area contributed by atoms with Crippen LogP contribution in [0.4, 0.5) is 4.79 Å². The van der Waals surface area contributed by atoms with Crippen molar-refractivity contribution in [1.82, 2.24) is 4.31 Å². The first-order valence-electron chi connectivity index (χ1n) is 5.62. The number of rotatable bonds is 1. The molecule has 7 heteroatoms. The first-order valence-corrected chi connectivity index (χ1v) is 6.99. The maximum Gasteiger partial charge on any atom is 0.426 e. The molecule has 1 amide bonds. The summed E-state index contributed by atoms with van der Waals surface area (Å²) < 4.78 is 33.8. The van der Waals surface area contributed by atoms with Crippen LogP contribution in [0.5, 0.6) is 0 Å². The van der Waals surface area contributed by atoms with Crippen molar-refractivity contribution in [3.8, 4) is 0 Å². The van der Waals surface area contributed by atoms with Crippen LogP contribution in [0, 0.1) is 5.92 Å². The third kappa shape index (κ3) is 2.71. The fraction of sp³-hybridized carbons (Fsp3) is 0.900. The van der Waals surface area contributed by atoms with Gasteiger partial charge in [-0.15, -0.1) is 0 Å². The third-order valence-corrected chi connectivity index (χ3v) is 4.01.